The summed E-state index contributed by atoms with van der Waals surface area (Å²) in [5.74, 6) is 0.830. The molecular weight excluding hydrogens is 326 g/mol. The van der Waals surface area contributed by atoms with E-state index in [1.807, 2.05) is 52.8 Å². The van der Waals surface area contributed by atoms with E-state index in [9.17, 15) is 4.79 Å². The first-order chi connectivity index (χ1) is 12.6. The first-order valence-corrected chi connectivity index (χ1v) is 9.07. The Balaban J connectivity index is 1.55. The van der Waals surface area contributed by atoms with E-state index in [0.29, 0.717) is 0 Å². The maximum Gasteiger partial charge on any atom is 0.318 e. The first kappa shape index (κ1) is 16.6. The number of carbonyl (C=O) groups excluding carboxylic acids is 1. The van der Waals surface area contributed by atoms with Crippen molar-refractivity contribution in [2.75, 3.05) is 6.54 Å². The second kappa shape index (κ2) is 6.78. The number of hydrogen-bond donors (Lipinski definition) is 1. The summed E-state index contributed by atoms with van der Waals surface area (Å²) in [6, 6.07) is 13.8. The van der Waals surface area contributed by atoms with Gasteiger partial charge in [-0.3, -0.25) is 4.40 Å². The van der Waals surface area contributed by atoms with E-state index in [0.717, 1.165) is 36.4 Å². The number of pyridine rings is 1. The van der Waals surface area contributed by atoms with Gasteiger partial charge in [-0.05, 0) is 49.9 Å². The van der Waals surface area contributed by atoms with Crippen molar-refractivity contribution in [1.82, 2.24) is 24.8 Å². The average Bonchev–Trinajstić information content (AvgIpc) is 3.28. The molecule has 0 aliphatic carbocycles. The molecule has 1 saturated heterocycles. The van der Waals surface area contributed by atoms with Crippen molar-refractivity contribution in [3.8, 4) is 0 Å². The molecule has 6 nitrogen and oxygen atoms in total. The molecule has 3 heterocycles. The van der Waals surface area contributed by atoms with Crippen LogP contribution in [0.3, 0.4) is 0 Å². The van der Waals surface area contributed by atoms with Crippen LogP contribution in [0.5, 0.6) is 0 Å². The minimum atomic E-state index is -0.0454. The molecule has 1 fully saturated rings. The SMILES string of the molecule is Cc1ccccc1[C@@H](C)NC(=O)N1CCC[C@@H]1c1nnc2ccccn12. The zero-order valence-electron chi connectivity index (χ0n) is 15.1. The number of benzene rings is 1. The summed E-state index contributed by atoms with van der Waals surface area (Å²) < 4.78 is 1.97. The van der Waals surface area contributed by atoms with E-state index in [4.69, 9.17) is 0 Å². The highest BCUT2D eigenvalue weighted by atomic mass is 16.2. The number of amides is 2. The molecule has 3 aromatic rings. The van der Waals surface area contributed by atoms with Gasteiger partial charge in [0.15, 0.2) is 11.5 Å². The van der Waals surface area contributed by atoms with E-state index in [2.05, 4.69) is 34.6 Å². The summed E-state index contributed by atoms with van der Waals surface area (Å²) in [6.07, 6.45) is 3.83. The number of carbonyl (C=O) groups is 1. The molecule has 2 atom stereocenters. The number of nitrogens with zero attached hydrogens (tertiary/aromatic N) is 4. The Bertz CT molecular complexity index is 935. The van der Waals surface area contributed by atoms with Crippen molar-refractivity contribution in [3.05, 3.63) is 65.6 Å². The number of fused-ring (bicyclic) bond motifs is 1. The van der Waals surface area contributed by atoms with Crippen LogP contribution in [-0.2, 0) is 0 Å². The molecule has 0 spiro atoms. The van der Waals surface area contributed by atoms with Gasteiger partial charge in [-0.25, -0.2) is 4.79 Å². The zero-order valence-corrected chi connectivity index (χ0v) is 15.1. The largest absolute Gasteiger partial charge is 0.331 e. The van der Waals surface area contributed by atoms with Crippen LogP contribution in [0.4, 0.5) is 4.79 Å². The average molecular weight is 349 g/mol. The third-order valence-electron chi connectivity index (χ3n) is 5.15. The Labute approximate surface area is 152 Å². The van der Waals surface area contributed by atoms with Crippen molar-refractivity contribution in [3.63, 3.8) is 0 Å². The number of urea groups is 1. The van der Waals surface area contributed by atoms with Gasteiger partial charge in [-0.1, -0.05) is 30.3 Å². The standard InChI is InChI=1S/C20H23N5O/c1-14-8-3-4-9-16(14)15(2)21-20(26)24-13-7-10-17(24)19-23-22-18-11-5-6-12-25(18)19/h3-6,8-9,11-12,15,17H,7,10,13H2,1-2H3,(H,21,26)/t15-,17-/m1/s1. The molecule has 2 aromatic heterocycles. The maximum absolute atomic E-state index is 12.9. The Morgan fingerprint density at radius 3 is 2.85 bits per heavy atom. The van der Waals surface area contributed by atoms with Gasteiger partial charge in [0.1, 0.15) is 0 Å². The van der Waals surface area contributed by atoms with Gasteiger partial charge in [0.25, 0.3) is 0 Å². The number of aromatic nitrogens is 3. The molecule has 1 N–H and O–H groups in total. The molecule has 6 heteroatoms. The van der Waals surface area contributed by atoms with Crippen LogP contribution in [0.1, 0.15) is 48.8 Å². The van der Waals surface area contributed by atoms with Gasteiger partial charge in [0.05, 0.1) is 12.1 Å². The van der Waals surface area contributed by atoms with Crippen LogP contribution < -0.4 is 5.32 Å². The Hall–Kier alpha value is -2.89. The van der Waals surface area contributed by atoms with Crippen LogP contribution in [0.25, 0.3) is 5.65 Å². The molecule has 0 bridgehead atoms. The Kier molecular flexibility index (Phi) is 4.32. The molecular formula is C20H23N5O. The molecule has 1 aliphatic heterocycles. The first-order valence-electron chi connectivity index (χ1n) is 9.07. The molecule has 26 heavy (non-hydrogen) atoms. The molecule has 0 radical (unpaired) electrons. The van der Waals surface area contributed by atoms with Gasteiger partial charge >= 0.3 is 6.03 Å². The highest BCUT2D eigenvalue weighted by Gasteiger charge is 2.33. The third kappa shape index (κ3) is 2.92. The summed E-state index contributed by atoms with van der Waals surface area (Å²) in [4.78, 5) is 14.8. The Morgan fingerprint density at radius 1 is 1.19 bits per heavy atom. The third-order valence-corrected chi connectivity index (χ3v) is 5.15. The van der Waals surface area contributed by atoms with Gasteiger partial charge < -0.3 is 10.2 Å². The van der Waals surface area contributed by atoms with Crippen LogP contribution in [0.15, 0.2) is 48.7 Å². The highest BCUT2D eigenvalue weighted by molar-refractivity contribution is 5.75. The van der Waals surface area contributed by atoms with E-state index in [1.54, 1.807) is 0 Å². The second-order valence-corrected chi connectivity index (χ2v) is 6.87. The minimum Gasteiger partial charge on any atom is -0.331 e. The predicted octanol–water partition coefficient (Wildman–Crippen LogP) is 3.65. The summed E-state index contributed by atoms with van der Waals surface area (Å²) in [6.45, 7) is 4.83. The summed E-state index contributed by atoms with van der Waals surface area (Å²) in [7, 11) is 0. The molecule has 4 rings (SSSR count). The normalized spacial score (nSPS) is 18.2. The van der Waals surface area contributed by atoms with Crippen LogP contribution >= 0.6 is 0 Å². The van der Waals surface area contributed by atoms with Crippen LogP contribution in [-0.4, -0.2) is 32.1 Å². The predicted molar refractivity (Wildman–Crippen MR) is 99.8 cm³/mol. The zero-order chi connectivity index (χ0) is 18.1. The Morgan fingerprint density at radius 2 is 2.00 bits per heavy atom. The number of nitrogens with one attached hydrogen (secondary N) is 1. The smallest absolute Gasteiger partial charge is 0.318 e. The van der Waals surface area contributed by atoms with Crippen molar-refractivity contribution < 1.29 is 4.79 Å². The lowest BCUT2D eigenvalue weighted by molar-refractivity contribution is 0.187. The van der Waals surface area contributed by atoms with Gasteiger partial charge in [-0.15, -0.1) is 10.2 Å². The summed E-state index contributed by atoms with van der Waals surface area (Å²) >= 11 is 0. The number of hydrogen-bond acceptors (Lipinski definition) is 3. The van der Waals surface area contributed by atoms with E-state index < -0.39 is 0 Å². The molecule has 0 saturated carbocycles. The van der Waals surface area contributed by atoms with Crippen LogP contribution in [0, 0.1) is 6.92 Å². The maximum atomic E-state index is 12.9. The van der Waals surface area contributed by atoms with E-state index >= 15 is 0 Å². The lowest BCUT2D eigenvalue weighted by Gasteiger charge is -2.26. The molecule has 1 aromatic carbocycles. The van der Waals surface area contributed by atoms with Gasteiger partial charge in [0, 0.05) is 12.7 Å². The lowest BCUT2D eigenvalue weighted by Crippen LogP contribution is -2.41. The van der Waals surface area contributed by atoms with Crippen molar-refractivity contribution >= 4 is 11.7 Å². The fourth-order valence-corrected chi connectivity index (χ4v) is 3.78. The van der Waals surface area contributed by atoms with Crippen molar-refractivity contribution in [2.24, 2.45) is 0 Å². The highest BCUT2D eigenvalue weighted by Crippen LogP contribution is 2.31. The number of likely N-dealkylation sites (tertiary alicyclic amines) is 1. The van der Waals surface area contributed by atoms with Crippen LogP contribution in [0.2, 0.25) is 0 Å². The molecule has 2 amide bonds. The molecule has 134 valence electrons. The fourth-order valence-electron chi connectivity index (χ4n) is 3.78. The quantitative estimate of drug-likeness (QED) is 0.785. The lowest BCUT2D eigenvalue weighted by atomic mass is 10.0. The van der Waals surface area contributed by atoms with E-state index in [-0.39, 0.29) is 18.1 Å². The summed E-state index contributed by atoms with van der Waals surface area (Å²) in [5, 5.41) is 11.7. The van der Waals surface area contributed by atoms with Crippen molar-refractivity contribution in [1.29, 1.82) is 0 Å². The van der Waals surface area contributed by atoms with Gasteiger partial charge in [-0.2, -0.15) is 0 Å². The number of aryl methyl sites for hydroxylation is 1. The minimum absolute atomic E-state index is 0.0416. The fraction of sp³-hybridized carbons (Fsp3) is 0.350. The topological polar surface area (TPSA) is 62.5 Å². The molecule has 1 aliphatic rings. The second-order valence-electron chi connectivity index (χ2n) is 6.87. The monoisotopic (exact) mass is 349 g/mol. The van der Waals surface area contributed by atoms with Crippen molar-refractivity contribution in [2.45, 2.75) is 38.8 Å². The summed E-state index contributed by atoms with van der Waals surface area (Å²) in [5.41, 5.74) is 3.13. The number of rotatable bonds is 3. The van der Waals surface area contributed by atoms with E-state index in [1.165, 1.54) is 5.56 Å². The van der Waals surface area contributed by atoms with Gasteiger partial charge in [0.2, 0.25) is 0 Å². The molecule has 0 unspecified atom stereocenters.